The molecule has 104 valence electrons. The molecular formula is C15H21NO3. The fraction of sp³-hybridized carbons (Fsp3) is 0.467. The molecule has 0 aromatic heterocycles. The van der Waals surface area contributed by atoms with Gasteiger partial charge >= 0.3 is 5.97 Å². The van der Waals surface area contributed by atoms with E-state index in [0.29, 0.717) is 6.42 Å². The third-order valence-electron chi connectivity index (χ3n) is 3.42. The van der Waals surface area contributed by atoms with Gasteiger partial charge in [0, 0.05) is 6.54 Å². The van der Waals surface area contributed by atoms with E-state index in [1.807, 2.05) is 31.2 Å². The van der Waals surface area contributed by atoms with Crippen molar-refractivity contribution in [2.24, 2.45) is 5.41 Å². The van der Waals surface area contributed by atoms with Gasteiger partial charge in [-0.05, 0) is 25.8 Å². The Kier molecular flexibility index (Phi) is 5.10. The van der Waals surface area contributed by atoms with Crippen LogP contribution < -0.4 is 5.32 Å². The standard InChI is InChI=1S/C15H21NO3/c1-4-15(3,14(18)19)10-16-13(17)9-12-7-5-6-11(2)8-12/h5-8H,4,9-10H2,1-3H3,(H,16,17)(H,18,19). The predicted octanol–water partition coefficient (Wildman–Crippen LogP) is 2.15. The zero-order valence-electron chi connectivity index (χ0n) is 11.7. The maximum absolute atomic E-state index is 11.8. The number of carbonyl (C=O) groups is 2. The molecule has 1 rings (SSSR count). The van der Waals surface area contributed by atoms with E-state index in [2.05, 4.69) is 5.32 Å². The molecule has 4 heteroatoms. The number of rotatable bonds is 6. The lowest BCUT2D eigenvalue weighted by Crippen LogP contribution is -2.41. The van der Waals surface area contributed by atoms with Crippen LogP contribution in [0.2, 0.25) is 0 Å². The van der Waals surface area contributed by atoms with Gasteiger partial charge in [-0.25, -0.2) is 0 Å². The van der Waals surface area contributed by atoms with Gasteiger partial charge in [-0.3, -0.25) is 9.59 Å². The quantitative estimate of drug-likeness (QED) is 0.826. The molecule has 2 N–H and O–H groups in total. The van der Waals surface area contributed by atoms with Gasteiger partial charge in [0.25, 0.3) is 0 Å². The number of hydrogen-bond donors (Lipinski definition) is 2. The molecule has 0 radical (unpaired) electrons. The van der Waals surface area contributed by atoms with Crippen molar-refractivity contribution in [3.05, 3.63) is 35.4 Å². The SMILES string of the molecule is CCC(C)(CNC(=O)Cc1cccc(C)c1)C(=O)O. The molecule has 1 atom stereocenters. The second kappa shape index (κ2) is 6.36. The first-order chi connectivity index (χ1) is 8.87. The molecule has 0 spiro atoms. The third-order valence-corrected chi connectivity index (χ3v) is 3.42. The molecular weight excluding hydrogens is 242 g/mol. The monoisotopic (exact) mass is 263 g/mol. The number of amides is 1. The molecule has 4 nitrogen and oxygen atoms in total. The first kappa shape index (κ1) is 15.2. The molecule has 0 saturated heterocycles. The Morgan fingerprint density at radius 2 is 2.05 bits per heavy atom. The second-order valence-corrected chi connectivity index (χ2v) is 5.16. The van der Waals surface area contributed by atoms with E-state index in [-0.39, 0.29) is 18.9 Å². The van der Waals surface area contributed by atoms with Crippen molar-refractivity contribution in [1.82, 2.24) is 5.32 Å². The zero-order chi connectivity index (χ0) is 14.5. The smallest absolute Gasteiger partial charge is 0.311 e. The highest BCUT2D eigenvalue weighted by Crippen LogP contribution is 2.19. The van der Waals surface area contributed by atoms with Crippen LogP contribution in [0.1, 0.15) is 31.4 Å². The molecule has 0 aliphatic carbocycles. The van der Waals surface area contributed by atoms with E-state index < -0.39 is 11.4 Å². The summed E-state index contributed by atoms with van der Waals surface area (Å²) in [6.45, 7) is 5.58. The molecule has 19 heavy (non-hydrogen) atoms. The van der Waals surface area contributed by atoms with Gasteiger partial charge in [-0.15, -0.1) is 0 Å². The van der Waals surface area contributed by atoms with Crippen LogP contribution >= 0.6 is 0 Å². The van der Waals surface area contributed by atoms with Gasteiger partial charge in [0.2, 0.25) is 5.91 Å². The molecule has 1 aromatic rings. The lowest BCUT2D eigenvalue weighted by Gasteiger charge is -2.23. The lowest BCUT2D eigenvalue weighted by atomic mass is 9.87. The molecule has 0 bridgehead atoms. The van der Waals surface area contributed by atoms with Crippen molar-refractivity contribution < 1.29 is 14.7 Å². The summed E-state index contributed by atoms with van der Waals surface area (Å²) >= 11 is 0. The summed E-state index contributed by atoms with van der Waals surface area (Å²) in [4.78, 5) is 22.9. The van der Waals surface area contributed by atoms with Gasteiger partial charge in [0.05, 0.1) is 11.8 Å². The highest BCUT2D eigenvalue weighted by atomic mass is 16.4. The summed E-state index contributed by atoms with van der Waals surface area (Å²) in [5, 5.41) is 11.8. The largest absolute Gasteiger partial charge is 0.481 e. The predicted molar refractivity (Wildman–Crippen MR) is 73.9 cm³/mol. The number of carboxylic acids is 1. The number of nitrogens with one attached hydrogen (secondary N) is 1. The lowest BCUT2D eigenvalue weighted by molar-refractivity contribution is -0.148. The molecule has 0 saturated carbocycles. The number of aliphatic carboxylic acids is 1. The zero-order valence-corrected chi connectivity index (χ0v) is 11.7. The van der Waals surface area contributed by atoms with Crippen molar-refractivity contribution in [3.63, 3.8) is 0 Å². The molecule has 0 aliphatic heterocycles. The van der Waals surface area contributed by atoms with E-state index in [9.17, 15) is 9.59 Å². The molecule has 1 unspecified atom stereocenters. The van der Waals surface area contributed by atoms with E-state index in [0.717, 1.165) is 11.1 Å². The Morgan fingerprint density at radius 3 is 2.58 bits per heavy atom. The summed E-state index contributed by atoms with van der Waals surface area (Å²) in [7, 11) is 0. The van der Waals surface area contributed by atoms with Crippen LogP contribution in [0, 0.1) is 12.3 Å². The van der Waals surface area contributed by atoms with E-state index in [1.165, 1.54) is 0 Å². The molecule has 0 heterocycles. The highest BCUT2D eigenvalue weighted by Gasteiger charge is 2.31. The molecule has 1 amide bonds. The minimum Gasteiger partial charge on any atom is -0.481 e. The Hall–Kier alpha value is -1.84. The van der Waals surface area contributed by atoms with E-state index >= 15 is 0 Å². The first-order valence-electron chi connectivity index (χ1n) is 6.43. The Balaban J connectivity index is 2.55. The van der Waals surface area contributed by atoms with Crippen molar-refractivity contribution in [2.75, 3.05) is 6.54 Å². The van der Waals surface area contributed by atoms with Gasteiger partial charge in [-0.2, -0.15) is 0 Å². The van der Waals surface area contributed by atoms with E-state index in [1.54, 1.807) is 13.8 Å². The number of hydrogen-bond acceptors (Lipinski definition) is 2. The topological polar surface area (TPSA) is 66.4 Å². The number of benzene rings is 1. The number of aryl methyl sites for hydroxylation is 1. The van der Waals surface area contributed by atoms with Crippen molar-refractivity contribution >= 4 is 11.9 Å². The fourth-order valence-electron chi connectivity index (χ4n) is 1.72. The Morgan fingerprint density at radius 1 is 1.37 bits per heavy atom. The summed E-state index contributed by atoms with van der Waals surface area (Å²) in [5.74, 6) is -1.03. The summed E-state index contributed by atoms with van der Waals surface area (Å²) in [6.07, 6.45) is 0.758. The molecule has 0 fully saturated rings. The maximum Gasteiger partial charge on any atom is 0.311 e. The second-order valence-electron chi connectivity index (χ2n) is 5.16. The maximum atomic E-state index is 11.8. The minimum atomic E-state index is -0.901. The van der Waals surface area contributed by atoms with Crippen molar-refractivity contribution in [2.45, 2.75) is 33.6 Å². The Bertz CT molecular complexity index is 470. The first-order valence-corrected chi connectivity index (χ1v) is 6.43. The van der Waals surface area contributed by atoms with Crippen LogP contribution in [-0.2, 0) is 16.0 Å². The van der Waals surface area contributed by atoms with Crippen LogP contribution in [0.25, 0.3) is 0 Å². The number of carbonyl (C=O) groups excluding carboxylic acids is 1. The van der Waals surface area contributed by atoms with Crippen LogP contribution in [-0.4, -0.2) is 23.5 Å². The minimum absolute atomic E-state index is 0.147. The van der Waals surface area contributed by atoms with E-state index in [4.69, 9.17) is 5.11 Å². The number of carboxylic acid groups (broad SMARTS) is 1. The van der Waals surface area contributed by atoms with Gasteiger partial charge < -0.3 is 10.4 Å². The summed E-state index contributed by atoms with van der Waals surface area (Å²) < 4.78 is 0. The van der Waals surface area contributed by atoms with Crippen LogP contribution in [0.4, 0.5) is 0 Å². The average Bonchev–Trinajstić information content (AvgIpc) is 2.35. The molecule has 0 aliphatic rings. The molecule has 1 aromatic carbocycles. The van der Waals surface area contributed by atoms with Crippen LogP contribution in [0.5, 0.6) is 0 Å². The van der Waals surface area contributed by atoms with Gasteiger partial charge in [0.1, 0.15) is 0 Å². The van der Waals surface area contributed by atoms with Crippen LogP contribution in [0.3, 0.4) is 0 Å². The van der Waals surface area contributed by atoms with Gasteiger partial charge in [0.15, 0.2) is 0 Å². The highest BCUT2D eigenvalue weighted by molar-refractivity contribution is 5.80. The third kappa shape index (κ3) is 4.39. The van der Waals surface area contributed by atoms with Gasteiger partial charge in [-0.1, -0.05) is 36.8 Å². The van der Waals surface area contributed by atoms with Crippen molar-refractivity contribution in [1.29, 1.82) is 0 Å². The Labute approximate surface area is 113 Å². The normalized spacial score (nSPS) is 13.6. The fourth-order valence-corrected chi connectivity index (χ4v) is 1.72. The van der Waals surface area contributed by atoms with Crippen molar-refractivity contribution in [3.8, 4) is 0 Å². The van der Waals surface area contributed by atoms with Crippen LogP contribution in [0.15, 0.2) is 24.3 Å². The summed E-state index contributed by atoms with van der Waals surface area (Å²) in [6, 6.07) is 7.73. The average molecular weight is 263 g/mol. The summed E-state index contributed by atoms with van der Waals surface area (Å²) in [5.41, 5.74) is 1.14.